The van der Waals surface area contributed by atoms with Gasteiger partial charge in [0.05, 0.1) is 6.42 Å². The number of carbonyl (C=O) groups excluding carboxylic acids is 2. The van der Waals surface area contributed by atoms with Crippen molar-refractivity contribution in [3.05, 3.63) is 59.7 Å². The zero-order valence-electron chi connectivity index (χ0n) is 18.5. The van der Waals surface area contributed by atoms with Crippen molar-refractivity contribution < 1.29 is 9.59 Å². The van der Waals surface area contributed by atoms with Crippen molar-refractivity contribution in [2.24, 2.45) is 0 Å². The van der Waals surface area contributed by atoms with Crippen LogP contribution in [0.5, 0.6) is 0 Å². The first kappa shape index (κ1) is 21.6. The van der Waals surface area contributed by atoms with Gasteiger partial charge in [-0.2, -0.15) is 0 Å². The minimum Gasteiger partial charge on any atom is -0.372 e. The molecule has 31 heavy (non-hydrogen) atoms. The SMILES string of the molecule is O=C(CC(=O)c1ccc(N2CCCCCC2)cc1)c1ccc(N2CCCCCC2)cc1. The molecule has 2 aromatic rings. The maximum atomic E-state index is 12.7. The Kier molecular flexibility index (Phi) is 7.39. The van der Waals surface area contributed by atoms with Crippen LogP contribution in [0, 0.1) is 0 Å². The van der Waals surface area contributed by atoms with Crippen LogP contribution in [-0.2, 0) is 0 Å². The molecule has 2 saturated heterocycles. The summed E-state index contributed by atoms with van der Waals surface area (Å²) in [6, 6.07) is 15.6. The Morgan fingerprint density at radius 2 is 0.839 bits per heavy atom. The summed E-state index contributed by atoms with van der Waals surface area (Å²) in [5.41, 5.74) is 3.59. The standard InChI is InChI=1S/C27H34N2O2/c30-26(22-9-13-24(14-10-22)28-17-5-1-2-6-18-28)21-27(31)23-11-15-25(16-12-23)29-19-7-3-4-8-20-29/h9-16H,1-8,17-21H2. The largest absolute Gasteiger partial charge is 0.372 e. The van der Waals surface area contributed by atoms with Gasteiger partial charge in [0, 0.05) is 48.7 Å². The van der Waals surface area contributed by atoms with Crippen LogP contribution in [0.15, 0.2) is 48.5 Å². The van der Waals surface area contributed by atoms with Crippen LogP contribution >= 0.6 is 0 Å². The Labute approximate surface area is 186 Å². The van der Waals surface area contributed by atoms with Crippen molar-refractivity contribution >= 4 is 22.9 Å². The molecular formula is C27H34N2O2. The van der Waals surface area contributed by atoms with Crippen molar-refractivity contribution in [3.8, 4) is 0 Å². The van der Waals surface area contributed by atoms with Crippen molar-refractivity contribution in [1.82, 2.24) is 0 Å². The molecule has 0 N–H and O–H groups in total. The number of benzene rings is 2. The van der Waals surface area contributed by atoms with Crippen LogP contribution in [0.1, 0.15) is 78.5 Å². The van der Waals surface area contributed by atoms with E-state index in [4.69, 9.17) is 0 Å². The molecule has 0 aliphatic carbocycles. The van der Waals surface area contributed by atoms with E-state index in [1.54, 1.807) is 0 Å². The summed E-state index contributed by atoms with van der Waals surface area (Å²) in [4.78, 5) is 30.2. The van der Waals surface area contributed by atoms with Crippen molar-refractivity contribution in [3.63, 3.8) is 0 Å². The van der Waals surface area contributed by atoms with Crippen molar-refractivity contribution in [1.29, 1.82) is 0 Å². The third kappa shape index (κ3) is 5.75. The summed E-state index contributed by atoms with van der Waals surface area (Å²) >= 11 is 0. The lowest BCUT2D eigenvalue weighted by atomic mass is 10.0. The topological polar surface area (TPSA) is 40.6 Å². The summed E-state index contributed by atoms with van der Waals surface area (Å²) < 4.78 is 0. The van der Waals surface area contributed by atoms with E-state index in [-0.39, 0.29) is 18.0 Å². The Hall–Kier alpha value is -2.62. The molecule has 2 aliphatic rings. The number of hydrogen-bond acceptors (Lipinski definition) is 4. The Bertz CT molecular complexity index is 784. The van der Waals surface area contributed by atoms with E-state index >= 15 is 0 Å². The molecule has 2 fully saturated rings. The second kappa shape index (κ2) is 10.6. The third-order valence-corrected chi connectivity index (χ3v) is 6.64. The maximum absolute atomic E-state index is 12.7. The highest BCUT2D eigenvalue weighted by atomic mass is 16.1. The number of ketones is 2. The molecule has 2 aromatic carbocycles. The fraction of sp³-hybridized carbons (Fsp3) is 0.481. The summed E-state index contributed by atoms with van der Waals surface area (Å²) in [5.74, 6) is -0.215. The first-order valence-electron chi connectivity index (χ1n) is 12.0. The third-order valence-electron chi connectivity index (χ3n) is 6.64. The van der Waals surface area contributed by atoms with E-state index in [2.05, 4.69) is 9.80 Å². The summed E-state index contributed by atoms with van der Waals surface area (Å²) in [5, 5.41) is 0. The minimum atomic E-state index is -0.107. The molecule has 4 nitrogen and oxygen atoms in total. The zero-order chi connectivity index (χ0) is 21.5. The number of carbonyl (C=O) groups is 2. The van der Waals surface area contributed by atoms with Gasteiger partial charge < -0.3 is 9.80 Å². The first-order chi connectivity index (χ1) is 15.2. The van der Waals surface area contributed by atoms with Crippen LogP contribution in [0.2, 0.25) is 0 Å². The number of anilines is 2. The van der Waals surface area contributed by atoms with Gasteiger partial charge in [0.25, 0.3) is 0 Å². The van der Waals surface area contributed by atoms with E-state index < -0.39 is 0 Å². The van der Waals surface area contributed by atoms with Gasteiger partial charge in [0.15, 0.2) is 11.6 Å². The highest BCUT2D eigenvalue weighted by molar-refractivity contribution is 6.13. The fourth-order valence-electron chi connectivity index (χ4n) is 4.72. The molecule has 0 amide bonds. The highest BCUT2D eigenvalue weighted by Gasteiger charge is 2.16. The molecule has 0 bridgehead atoms. The van der Waals surface area contributed by atoms with Crippen LogP contribution in [0.3, 0.4) is 0 Å². The molecular weight excluding hydrogens is 384 g/mol. The monoisotopic (exact) mass is 418 g/mol. The molecule has 2 aliphatic heterocycles. The van der Waals surface area contributed by atoms with E-state index in [1.165, 1.54) is 62.7 Å². The van der Waals surface area contributed by atoms with Crippen LogP contribution in [0.25, 0.3) is 0 Å². The molecule has 0 radical (unpaired) electrons. The van der Waals surface area contributed by atoms with Crippen molar-refractivity contribution in [2.75, 3.05) is 36.0 Å². The molecule has 0 saturated carbocycles. The lowest BCUT2D eigenvalue weighted by Crippen LogP contribution is -2.23. The number of hydrogen-bond donors (Lipinski definition) is 0. The summed E-state index contributed by atoms with van der Waals surface area (Å²) in [6.45, 7) is 4.33. The van der Waals surface area contributed by atoms with Gasteiger partial charge in [0.1, 0.15) is 0 Å². The predicted molar refractivity (Wildman–Crippen MR) is 128 cm³/mol. The molecule has 164 valence electrons. The molecule has 4 heteroatoms. The lowest BCUT2D eigenvalue weighted by molar-refractivity contribution is 0.0894. The lowest BCUT2D eigenvalue weighted by Gasteiger charge is -2.22. The average molecular weight is 419 g/mol. The normalized spacial score (nSPS) is 17.7. The van der Waals surface area contributed by atoms with E-state index in [9.17, 15) is 9.59 Å². The Morgan fingerprint density at radius 3 is 1.16 bits per heavy atom. The van der Waals surface area contributed by atoms with E-state index in [0.29, 0.717) is 11.1 Å². The van der Waals surface area contributed by atoms with E-state index in [0.717, 1.165) is 26.2 Å². The van der Waals surface area contributed by atoms with Gasteiger partial charge in [-0.1, -0.05) is 25.7 Å². The second-order valence-electron chi connectivity index (χ2n) is 8.92. The molecule has 2 heterocycles. The van der Waals surface area contributed by atoms with Gasteiger partial charge in [-0.15, -0.1) is 0 Å². The van der Waals surface area contributed by atoms with Crippen LogP contribution < -0.4 is 9.80 Å². The van der Waals surface area contributed by atoms with Crippen LogP contribution in [0.4, 0.5) is 11.4 Å². The first-order valence-corrected chi connectivity index (χ1v) is 12.0. The number of nitrogens with zero attached hydrogens (tertiary/aromatic N) is 2. The molecule has 4 rings (SSSR count). The molecule has 0 aromatic heterocycles. The summed E-state index contributed by atoms with van der Waals surface area (Å²) in [6.07, 6.45) is 10.0. The van der Waals surface area contributed by atoms with Gasteiger partial charge >= 0.3 is 0 Å². The van der Waals surface area contributed by atoms with Crippen LogP contribution in [-0.4, -0.2) is 37.7 Å². The second-order valence-corrected chi connectivity index (χ2v) is 8.92. The van der Waals surface area contributed by atoms with Gasteiger partial charge in [-0.25, -0.2) is 0 Å². The number of Topliss-reactive ketones (excluding diaryl/α,β-unsaturated/α-hetero) is 2. The number of rotatable bonds is 6. The van der Waals surface area contributed by atoms with Gasteiger partial charge in [0.2, 0.25) is 0 Å². The zero-order valence-corrected chi connectivity index (χ0v) is 18.5. The smallest absolute Gasteiger partial charge is 0.170 e. The molecule has 0 spiro atoms. The van der Waals surface area contributed by atoms with Gasteiger partial charge in [-0.3, -0.25) is 9.59 Å². The molecule has 0 atom stereocenters. The molecule has 0 unspecified atom stereocenters. The summed E-state index contributed by atoms with van der Waals surface area (Å²) in [7, 11) is 0. The Morgan fingerprint density at radius 1 is 0.516 bits per heavy atom. The van der Waals surface area contributed by atoms with Crippen molar-refractivity contribution in [2.45, 2.75) is 57.8 Å². The maximum Gasteiger partial charge on any atom is 0.170 e. The highest BCUT2D eigenvalue weighted by Crippen LogP contribution is 2.22. The van der Waals surface area contributed by atoms with Gasteiger partial charge in [-0.05, 0) is 74.2 Å². The predicted octanol–water partition coefficient (Wildman–Crippen LogP) is 5.90. The average Bonchev–Trinajstić information content (AvgIpc) is 3.25. The quantitative estimate of drug-likeness (QED) is 0.432. The van der Waals surface area contributed by atoms with E-state index in [1.807, 2.05) is 48.5 Å². The fourth-order valence-corrected chi connectivity index (χ4v) is 4.72. The Balaban J connectivity index is 1.35. The minimum absolute atomic E-state index is 0.0773.